The highest BCUT2D eigenvalue weighted by Crippen LogP contribution is 2.41. The molecule has 0 saturated carbocycles. The van der Waals surface area contributed by atoms with Crippen molar-refractivity contribution in [1.82, 2.24) is 19.8 Å². The van der Waals surface area contributed by atoms with Gasteiger partial charge in [-0.3, -0.25) is 19.5 Å². The molecule has 1 saturated heterocycles. The van der Waals surface area contributed by atoms with Crippen molar-refractivity contribution in [2.45, 2.75) is 20.4 Å². The number of ether oxygens (including phenoxy) is 2. The molecule has 0 bridgehead atoms. The summed E-state index contributed by atoms with van der Waals surface area (Å²) in [7, 11) is 4.34. The van der Waals surface area contributed by atoms with Gasteiger partial charge in [-0.15, -0.1) is 0 Å². The highest BCUT2D eigenvalue weighted by atomic mass is 19.1. The Bertz CT molecular complexity index is 1410. The molecule has 1 unspecified atom stereocenters. The second-order valence-electron chi connectivity index (χ2n) is 8.96. The van der Waals surface area contributed by atoms with Crippen molar-refractivity contribution in [3.63, 3.8) is 0 Å². The fraction of sp³-hybridized carbons (Fsp3) is 0.360. The van der Waals surface area contributed by atoms with Crippen LogP contribution in [0.5, 0.6) is 11.5 Å². The van der Waals surface area contributed by atoms with Crippen LogP contribution in [-0.4, -0.2) is 58.9 Å². The van der Waals surface area contributed by atoms with Crippen LogP contribution in [0.15, 0.2) is 39.6 Å². The third-order valence-electron chi connectivity index (χ3n) is 6.47. The quantitative estimate of drug-likeness (QED) is 0.499. The predicted molar refractivity (Wildman–Crippen MR) is 130 cm³/mol. The van der Waals surface area contributed by atoms with Gasteiger partial charge in [0.2, 0.25) is 0 Å². The Hall–Kier alpha value is -4.22. The molecule has 37 heavy (non-hydrogen) atoms. The zero-order valence-corrected chi connectivity index (χ0v) is 21.1. The monoisotopic (exact) mass is 512 g/mol. The second kappa shape index (κ2) is 9.34. The van der Waals surface area contributed by atoms with Crippen molar-refractivity contribution < 1.29 is 27.6 Å². The summed E-state index contributed by atoms with van der Waals surface area (Å²) >= 11 is 0. The van der Waals surface area contributed by atoms with Crippen LogP contribution in [-0.2, 0) is 13.6 Å². The number of benzene rings is 1. The zero-order chi connectivity index (χ0) is 26.4. The van der Waals surface area contributed by atoms with E-state index in [1.165, 1.54) is 19.1 Å². The number of aromatic nitrogens is 3. The fourth-order valence-corrected chi connectivity index (χ4v) is 4.73. The third kappa shape index (κ3) is 4.21. The van der Waals surface area contributed by atoms with Crippen LogP contribution in [0.25, 0.3) is 0 Å². The fourth-order valence-electron chi connectivity index (χ4n) is 4.73. The number of carbonyl (C=O) groups excluding carboxylic acids is 1. The lowest BCUT2D eigenvalue weighted by atomic mass is 9.94. The number of halogens is 2. The lowest BCUT2D eigenvalue weighted by Crippen LogP contribution is -2.54. The smallest absolute Gasteiger partial charge is 0.329 e. The molecule has 10 nitrogen and oxygen atoms in total. The van der Waals surface area contributed by atoms with E-state index in [1.54, 1.807) is 17.7 Å². The summed E-state index contributed by atoms with van der Waals surface area (Å²) in [6, 6.07) is 2.19. The Balaban J connectivity index is 1.60. The van der Waals surface area contributed by atoms with Crippen molar-refractivity contribution in [2.24, 2.45) is 18.0 Å². The molecule has 194 valence electrons. The van der Waals surface area contributed by atoms with Crippen LogP contribution >= 0.6 is 0 Å². The van der Waals surface area contributed by atoms with Crippen LogP contribution in [0.2, 0.25) is 0 Å². The van der Waals surface area contributed by atoms with Gasteiger partial charge in [0.25, 0.3) is 0 Å². The lowest BCUT2D eigenvalue weighted by molar-refractivity contribution is 0.197. The first-order chi connectivity index (χ1) is 17.7. The van der Waals surface area contributed by atoms with Crippen molar-refractivity contribution >= 4 is 17.4 Å². The first-order valence-corrected chi connectivity index (χ1v) is 11.6. The number of anilines is 1. The molecule has 1 aromatic carbocycles. The van der Waals surface area contributed by atoms with Crippen LogP contribution in [0, 0.1) is 31.4 Å². The summed E-state index contributed by atoms with van der Waals surface area (Å²) in [4.78, 5) is 21.1. The summed E-state index contributed by atoms with van der Waals surface area (Å²) in [6.45, 7) is 3.98. The largest absolute Gasteiger partial charge is 0.493 e. The Morgan fingerprint density at radius 3 is 2.41 bits per heavy atom. The Morgan fingerprint density at radius 2 is 1.84 bits per heavy atom. The maximum Gasteiger partial charge on any atom is 0.329 e. The summed E-state index contributed by atoms with van der Waals surface area (Å²) < 4.78 is 47.9. The first kappa shape index (κ1) is 24.5. The summed E-state index contributed by atoms with van der Waals surface area (Å²) in [5, 5.41) is 8.40. The molecule has 0 spiro atoms. The van der Waals surface area contributed by atoms with E-state index in [9.17, 15) is 4.79 Å². The minimum atomic E-state index is -0.996. The summed E-state index contributed by atoms with van der Waals surface area (Å²) in [5.74, 6) is -2.22. The molecule has 1 fully saturated rings. The van der Waals surface area contributed by atoms with E-state index in [-0.39, 0.29) is 30.5 Å². The number of aliphatic imine (C=N–C) groups is 1. The van der Waals surface area contributed by atoms with Crippen LogP contribution < -0.4 is 14.4 Å². The molecule has 2 aromatic heterocycles. The van der Waals surface area contributed by atoms with E-state index in [0.717, 1.165) is 22.2 Å². The average molecular weight is 513 g/mol. The van der Waals surface area contributed by atoms with Crippen molar-refractivity contribution in [3.8, 4) is 11.5 Å². The number of aryl methyl sites for hydroxylation is 3. The molecule has 2 aliphatic heterocycles. The normalized spacial score (nSPS) is 17.5. The van der Waals surface area contributed by atoms with E-state index >= 15 is 8.78 Å². The minimum Gasteiger partial charge on any atom is -0.493 e. The maximum atomic E-state index is 15.4. The summed E-state index contributed by atoms with van der Waals surface area (Å²) in [6.07, 6.45) is 3.69. The van der Waals surface area contributed by atoms with E-state index in [4.69, 9.17) is 19.0 Å². The van der Waals surface area contributed by atoms with E-state index < -0.39 is 23.4 Å². The third-order valence-corrected chi connectivity index (χ3v) is 6.47. The van der Waals surface area contributed by atoms with Gasteiger partial charge in [0.1, 0.15) is 17.1 Å². The van der Waals surface area contributed by atoms with Gasteiger partial charge in [-0.05, 0) is 19.9 Å². The number of rotatable bonds is 6. The molecule has 12 heteroatoms. The van der Waals surface area contributed by atoms with Gasteiger partial charge in [0.15, 0.2) is 23.1 Å². The highest BCUT2D eigenvalue weighted by molar-refractivity contribution is 6.11. The van der Waals surface area contributed by atoms with Gasteiger partial charge >= 0.3 is 6.03 Å². The van der Waals surface area contributed by atoms with Crippen molar-refractivity contribution in [2.75, 3.05) is 32.2 Å². The lowest BCUT2D eigenvalue weighted by Gasteiger charge is -2.42. The standard InChI is InChI=1S/C25H26F2N6O4/c1-13-6-16(30-37-13)11-32-19-7-18(17-12-31(3)29-14(17)2)28-9-15(19)10-33(25(32)34)24-22(26)20(35-4)8-21(36-5)23(24)27/h6-8,12,15H,9-11H2,1-5H3. The van der Waals surface area contributed by atoms with E-state index in [1.807, 2.05) is 26.2 Å². The number of dihydropyridines is 1. The number of nitrogens with zero attached hydrogens (tertiary/aromatic N) is 6. The Labute approximate surface area is 211 Å². The number of allylic oxidation sites excluding steroid dienone is 1. The maximum absolute atomic E-state index is 15.4. The molecule has 0 aliphatic carbocycles. The molecule has 5 rings (SSSR count). The van der Waals surface area contributed by atoms with Crippen molar-refractivity contribution in [1.29, 1.82) is 0 Å². The molecule has 1 atom stereocenters. The topological polar surface area (TPSA) is 98.2 Å². The molecule has 0 radical (unpaired) electrons. The molecular weight excluding hydrogens is 486 g/mol. The van der Waals surface area contributed by atoms with Crippen LogP contribution in [0.3, 0.4) is 0 Å². The molecular formula is C25H26F2N6O4. The molecule has 3 aromatic rings. The molecule has 4 heterocycles. The highest BCUT2D eigenvalue weighted by Gasteiger charge is 2.42. The average Bonchev–Trinajstić information content (AvgIpc) is 3.44. The van der Waals surface area contributed by atoms with Crippen molar-refractivity contribution in [3.05, 3.63) is 64.4 Å². The first-order valence-electron chi connectivity index (χ1n) is 11.6. The van der Waals surface area contributed by atoms with Gasteiger partial charge in [-0.2, -0.15) is 5.10 Å². The van der Waals surface area contributed by atoms with E-state index in [0.29, 0.717) is 29.4 Å². The summed E-state index contributed by atoms with van der Waals surface area (Å²) in [5.41, 5.74) is 2.95. The predicted octanol–water partition coefficient (Wildman–Crippen LogP) is 3.77. The molecule has 2 amide bonds. The van der Waals surface area contributed by atoms with Gasteiger partial charge in [0.05, 0.1) is 32.2 Å². The number of methoxy groups -OCH3 is 2. The number of carbonyl (C=O) groups is 1. The van der Waals surface area contributed by atoms with Gasteiger partial charge in [0, 0.05) is 55.6 Å². The SMILES string of the molecule is COc1cc(OC)c(F)c(N2CC3CN=C(c4cn(C)nc4C)C=C3N(Cc3cc(C)on3)C2=O)c1F. The van der Waals surface area contributed by atoms with Gasteiger partial charge in [-0.1, -0.05) is 5.16 Å². The number of fused-ring (bicyclic) bond motifs is 1. The Morgan fingerprint density at radius 1 is 1.14 bits per heavy atom. The van der Waals surface area contributed by atoms with Gasteiger partial charge in [-0.25, -0.2) is 13.6 Å². The minimum absolute atomic E-state index is 0.00593. The molecule has 2 aliphatic rings. The van der Waals surface area contributed by atoms with Crippen LogP contribution in [0.1, 0.15) is 22.7 Å². The molecule has 0 N–H and O–H groups in total. The number of hydrogen-bond acceptors (Lipinski definition) is 7. The number of urea groups is 1. The number of amides is 2. The Kier molecular flexibility index (Phi) is 6.18. The van der Waals surface area contributed by atoms with Gasteiger partial charge < -0.3 is 14.0 Å². The van der Waals surface area contributed by atoms with Crippen LogP contribution in [0.4, 0.5) is 19.3 Å². The number of hydrogen-bond donors (Lipinski definition) is 0. The second-order valence-corrected chi connectivity index (χ2v) is 8.96. The zero-order valence-electron chi connectivity index (χ0n) is 21.1. The van der Waals surface area contributed by atoms with E-state index in [2.05, 4.69) is 10.3 Å².